The van der Waals surface area contributed by atoms with Gasteiger partial charge in [0.2, 0.25) is 0 Å². The fourth-order valence-corrected chi connectivity index (χ4v) is 4.26. The summed E-state index contributed by atoms with van der Waals surface area (Å²) in [6.45, 7) is 2.00. The topological polar surface area (TPSA) is 57.5 Å². The Morgan fingerprint density at radius 3 is 0.867 bits per heavy atom. The smallest absolute Gasteiger partial charge is 0.106 e. The third-order valence-electron chi connectivity index (χ3n) is 5.60. The van der Waals surface area contributed by atoms with Gasteiger partial charge in [-0.05, 0) is 44.5 Å². The minimum absolute atomic E-state index is 0.442. The van der Waals surface area contributed by atoms with Crippen LogP contribution in [0.5, 0.6) is 0 Å². The molecular formula is C27H22O3. The molecule has 6 rings (SSSR count). The van der Waals surface area contributed by atoms with E-state index >= 15 is 0 Å². The second-order valence-electron chi connectivity index (χ2n) is 7.15. The Bertz CT molecular complexity index is 998. The van der Waals surface area contributed by atoms with Gasteiger partial charge in [0, 0.05) is 0 Å². The standard InChI is InChI=1S/2C13H10O.CH2O/c2*14-13-11-7-3-1-5-9(11)10-6-2-4-8-12(10)13;1-2/h2*1-8,13-14H;1H2. The van der Waals surface area contributed by atoms with Gasteiger partial charge in [0.1, 0.15) is 19.0 Å². The predicted molar refractivity (Wildman–Crippen MR) is 119 cm³/mol. The predicted octanol–water partition coefficient (Wildman–Crippen LogP) is 5.31. The minimum Gasteiger partial charge on any atom is -0.384 e. The lowest BCUT2D eigenvalue weighted by Crippen LogP contribution is -1.92. The van der Waals surface area contributed by atoms with E-state index in [1.165, 1.54) is 0 Å². The number of fused-ring (bicyclic) bond motifs is 6. The van der Waals surface area contributed by atoms with Crippen LogP contribution in [0, 0.1) is 0 Å². The summed E-state index contributed by atoms with van der Waals surface area (Å²) in [5.74, 6) is 0. The molecule has 0 fully saturated rings. The van der Waals surface area contributed by atoms with Crippen LogP contribution >= 0.6 is 0 Å². The Kier molecular flexibility index (Phi) is 5.57. The van der Waals surface area contributed by atoms with Crippen LogP contribution in [0.15, 0.2) is 97.1 Å². The van der Waals surface area contributed by atoms with E-state index in [0.717, 1.165) is 44.5 Å². The van der Waals surface area contributed by atoms with Gasteiger partial charge in [-0.3, -0.25) is 0 Å². The molecule has 0 aliphatic heterocycles. The number of rotatable bonds is 0. The molecule has 2 N–H and O–H groups in total. The van der Waals surface area contributed by atoms with E-state index in [1.54, 1.807) is 0 Å². The van der Waals surface area contributed by atoms with Crippen molar-refractivity contribution in [3.63, 3.8) is 0 Å². The van der Waals surface area contributed by atoms with Crippen LogP contribution in [-0.2, 0) is 4.79 Å². The third kappa shape index (κ3) is 3.24. The molecular weight excluding hydrogens is 372 g/mol. The maximum atomic E-state index is 10.0. The SMILES string of the molecule is C=O.OC1c2ccccc2-c2ccccc21.OC1c2ccccc2-c2ccccc21. The van der Waals surface area contributed by atoms with Crippen LogP contribution in [0.4, 0.5) is 0 Å². The van der Waals surface area contributed by atoms with Gasteiger partial charge in [-0.25, -0.2) is 0 Å². The molecule has 0 spiro atoms. The van der Waals surface area contributed by atoms with E-state index in [4.69, 9.17) is 4.79 Å². The summed E-state index contributed by atoms with van der Waals surface area (Å²) in [4.78, 5) is 8.00. The average Bonchev–Trinajstić information content (AvgIpc) is 3.29. The van der Waals surface area contributed by atoms with Crippen LogP contribution in [0.25, 0.3) is 22.3 Å². The van der Waals surface area contributed by atoms with Crippen molar-refractivity contribution in [2.45, 2.75) is 12.2 Å². The molecule has 0 atom stereocenters. The molecule has 0 saturated carbocycles. The van der Waals surface area contributed by atoms with Crippen LogP contribution < -0.4 is 0 Å². The first-order chi connectivity index (χ1) is 14.8. The molecule has 2 aliphatic carbocycles. The van der Waals surface area contributed by atoms with Gasteiger partial charge < -0.3 is 15.0 Å². The van der Waals surface area contributed by atoms with Gasteiger partial charge in [0.15, 0.2) is 0 Å². The molecule has 0 aromatic heterocycles. The zero-order valence-corrected chi connectivity index (χ0v) is 16.4. The van der Waals surface area contributed by atoms with E-state index in [0.29, 0.717) is 0 Å². The Labute approximate surface area is 175 Å². The Hall–Kier alpha value is -3.53. The summed E-state index contributed by atoms with van der Waals surface area (Å²) in [6.07, 6.45) is -0.884. The van der Waals surface area contributed by atoms with E-state index in [-0.39, 0.29) is 0 Å². The molecule has 0 unspecified atom stereocenters. The molecule has 0 amide bonds. The van der Waals surface area contributed by atoms with Crippen molar-refractivity contribution in [1.82, 2.24) is 0 Å². The Balaban J connectivity index is 0.000000134. The molecule has 3 nitrogen and oxygen atoms in total. The fraction of sp³-hybridized carbons (Fsp3) is 0.0741. The Morgan fingerprint density at radius 1 is 0.433 bits per heavy atom. The van der Waals surface area contributed by atoms with Crippen LogP contribution in [-0.4, -0.2) is 17.0 Å². The summed E-state index contributed by atoms with van der Waals surface area (Å²) < 4.78 is 0. The molecule has 4 aromatic rings. The van der Waals surface area contributed by atoms with Gasteiger partial charge in [-0.15, -0.1) is 0 Å². The van der Waals surface area contributed by atoms with Crippen LogP contribution in [0.2, 0.25) is 0 Å². The Morgan fingerprint density at radius 2 is 0.633 bits per heavy atom. The maximum Gasteiger partial charge on any atom is 0.106 e. The number of hydrogen-bond acceptors (Lipinski definition) is 3. The fourth-order valence-electron chi connectivity index (χ4n) is 4.26. The molecule has 0 radical (unpaired) electrons. The highest BCUT2D eigenvalue weighted by atomic mass is 16.3. The highest BCUT2D eigenvalue weighted by Crippen LogP contribution is 2.43. The number of benzene rings is 4. The van der Waals surface area contributed by atoms with E-state index in [9.17, 15) is 10.2 Å². The lowest BCUT2D eigenvalue weighted by Gasteiger charge is -2.03. The first-order valence-corrected chi connectivity index (χ1v) is 9.77. The minimum atomic E-state index is -0.442. The molecule has 2 aliphatic rings. The monoisotopic (exact) mass is 394 g/mol. The van der Waals surface area contributed by atoms with Crippen molar-refractivity contribution in [1.29, 1.82) is 0 Å². The molecule has 4 aromatic carbocycles. The molecule has 30 heavy (non-hydrogen) atoms. The summed E-state index contributed by atoms with van der Waals surface area (Å²) in [5.41, 5.74) is 8.74. The van der Waals surface area contributed by atoms with Crippen molar-refractivity contribution < 1.29 is 15.0 Å². The third-order valence-corrected chi connectivity index (χ3v) is 5.60. The summed E-state index contributed by atoms with van der Waals surface area (Å²) >= 11 is 0. The molecule has 0 heterocycles. The number of carbonyl (C=O) groups excluding carboxylic acids is 1. The largest absolute Gasteiger partial charge is 0.384 e. The molecule has 0 bridgehead atoms. The molecule has 148 valence electrons. The van der Waals surface area contributed by atoms with E-state index < -0.39 is 12.2 Å². The van der Waals surface area contributed by atoms with Crippen LogP contribution in [0.1, 0.15) is 34.5 Å². The second-order valence-corrected chi connectivity index (χ2v) is 7.15. The second kappa shape index (κ2) is 8.46. The summed E-state index contributed by atoms with van der Waals surface area (Å²) in [5, 5.41) is 20.1. The summed E-state index contributed by atoms with van der Waals surface area (Å²) in [7, 11) is 0. The van der Waals surface area contributed by atoms with Gasteiger partial charge >= 0.3 is 0 Å². The number of hydrogen-bond donors (Lipinski definition) is 2. The summed E-state index contributed by atoms with van der Waals surface area (Å²) in [6, 6.07) is 32.1. The number of carbonyl (C=O) groups is 1. The number of aliphatic hydroxyl groups is 2. The highest BCUT2D eigenvalue weighted by molar-refractivity contribution is 5.78. The van der Waals surface area contributed by atoms with Crippen molar-refractivity contribution in [3.8, 4) is 22.3 Å². The van der Waals surface area contributed by atoms with Crippen LogP contribution in [0.3, 0.4) is 0 Å². The lowest BCUT2D eigenvalue weighted by atomic mass is 10.1. The zero-order chi connectivity index (χ0) is 21.1. The normalized spacial score (nSPS) is 13.0. The van der Waals surface area contributed by atoms with Crippen molar-refractivity contribution in [3.05, 3.63) is 119 Å². The maximum absolute atomic E-state index is 10.0. The zero-order valence-electron chi connectivity index (χ0n) is 16.4. The van der Waals surface area contributed by atoms with Crippen molar-refractivity contribution in [2.24, 2.45) is 0 Å². The lowest BCUT2D eigenvalue weighted by molar-refractivity contribution is -0.0979. The van der Waals surface area contributed by atoms with E-state index in [2.05, 4.69) is 24.3 Å². The van der Waals surface area contributed by atoms with Gasteiger partial charge in [-0.2, -0.15) is 0 Å². The average molecular weight is 394 g/mol. The quantitative estimate of drug-likeness (QED) is 0.425. The van der Waals surface area contributed by atoms with Crippen molar-refractivity contribution >= 4 is 6.79 Å². The molecule has 0 saturated heterocycles. The van der Waals surface area contributed by atoms with E-state index in [1.807, 2.05) is 79.6 Å². The van der Waals surface area contributed by atoms with Gasteiger partial charge in [0.25, 0.3) is 0 Å². The van der Waals surface area contributed by atoms with Gasteiger partial charge in [-0.1, -0.05) is 97.1 Å². The first kappa shape index (κ1) is 19.8. The number of aliphatic hydroxyl groups excluding tert-OH is 2. The van der Waals surface area contributed by atoms with Crippen molar-refractivity contribution in [2.75, 3.05) is 0 Å². The highest BCUT2D eigenvalue weighted by Gasteiger charge is 2.26. The first-order valence-electron chi connectivity index (χ1n) is 9.77. The molecule has 3 heteroatoms. The van der Waals surface area contributed by atoms with Gasteiger partial charge in [0.05, 0.1) is 0 Å².